The molecule has 0 saturated carbocycles. The van der Waals surface area contributed by atoms with Gasteiger partial charge < -0.3 is 10.4 Å². The summed E-state index contributed by atoms with van der Waals surface area (Å²) in [5, 5.41) is 11.7. The number of hydrogen-bond donors (Lipinski definition) is 2. The number of carboxylic acids is 1. The van der Waals surface area contributed by atoms with Crippen molar-refractivity contribution in [3.63, 3.8) is 0 Å². The van der Waals surface area contributed by atoms with Crippen LogP contribution in [0.25, 0.3) is 0 Å². The largest absolute Gasteiger partial charge is 0.480 e. The first-order valence-electron chi connectivity index (χ1n) is 6.78. The number of carbonyl (C=O) groups excluding carboxylic acids is 1. The Hall–Kier alpha value is -1.84. The average molecular weight is 261 g/mol. The Morgan fingerprint density at radius 2 is 2.16 bits per heavy atom. The molecule has 1 aliphatic carbocycles. The van der Waals surface area contributed by atoms with Crippen molar-refractivity contribution in [2.24, 2.45) is 0 Å². The lowest BCUT2D eigenvalue weighted by Crippen LogP contribution is -2.41. The molecule has 19 heavy (non-hydrogen) atoms. The van der Waals surface area contributed by atoms with Crippen LogP contribution in [0.1, 0.15) is 47.7 Å². The molecular weight excluding hydrogens is 242 g/mol. The SMILES string of the molecule is CCCC(NC(=O)c1cccc2c1CCC2)C(=O)O. The zero-order chi connectivity index (χ0) is 13.8. The molecule has 4 heteroatoms. The van der Waals surface area contributed by atoms with Crippen LogP contribution < -0.4 is 5.32 Å². The van der Waals surface area contributed by atoms with Crippen molar-refractivity contribution in [3.05, 3.63) is 34.9 Å². The Morgan fingerprint density at radius 1 is 1.37 bits per heavy atom. The Bertz CT molecular complexity index is 496. The molecule has 1 atom stereocenters. The Labute approximate surface area is 112 Å². The van der Waals surface area contributed by atoms with Crippen molar-refractivity contribution in [2.75, 3.05) is 0 Å². The molecule has 2 rings (SSSR count). The summed E-state index contributed by atoms with van der Waals surface area (Å²) in [4.78, 5) is 23.3. The van der Waals surface area contributed by atoms with Gasteiger partial charge in [0.25, 0.3) is 5.91 Å². The number of amides is 1. The number of rotatable bonds is 5. The summed E-state index contributed by atoms with van der Waals surface area (Å²) >= 11 is 0. The van der Waals surface area contributed by atoms with Gasteiger partial charge in [0.1, 0.15) is 6.04 Å². The molecule has 0 saturated heterocycles. The zero-order valence-corrected chi connectivity index (χ0v) is 11.1. The third-order valence-electron chi connectivity index (χ3n) is 3.57. The van der Waals surface area contributed by atoms with E-state index in [1.54, 1.807) is 6.07 Å². The molecule has 1 unspecified atom stereocenters. The van der Waals surface area contributed by atoms with Crippen LogP contribution in [0, 0.1) is 0 Å². The third-order valence-corrected chi connectivity index (χ3v) is 3.57. The van der Waals surface area contributed by atoms with Crippen molar-refractivity contribution in [1.29, 1.82) is 0 Å². The molecule has 0 fully saturated rings. The van der Waals surface area contributed by atoms with Crippen LogP contribution in [0.5, 0.6) is 0 Å². The summed E-state index contributed by atoms with van der Waals surface area (Å²) in [6, 6.07) is 4.90. The molecule has 102 valence electrons. The number of hydrogen-bond acceptors (Lipinski definition) is 2. The first-order chi connectivity index (χ1) is 9.13. The number of benzene rings is 1. The summed E-state index contributed by atoms with van der Waals surface area (Å²) in [6.45, 7) is 1.91. The highest BCUT2D eigenvalue weighted by molar-refractivity contribution is 5.98. The summed E-state index contributed by atoms with van der Waals surface area (Å²) in [6.07, 6.45) is 4.16. The van der Waals surface area contributed by atoms with Gasteiger partial charge in [0.2, 0.25) is 0 Å². The minimum absolute atomic E-state index is 0.264. The second-order valence-corrected chi connectivity index (χ2v) is 4.95. The van der Waals surface area contributed by atoms with Crippen molar-refractivity contribution >= 4 is 11.9 Å². The lowest BCUT2D eigenvalue weighted by molar-refractivity contribution is -0.139. The normalized spacial score (nSPS) is 14.8. The molecule has 0 aliphatic heterocycles. The van der Waals surface area contributed by atoms with E-state index in [4.69, 9.17) is 5.11 Å². The molecule has 2 N–H and O–H groups in total. The third kappa shape index (κ3) is 2.95. The van der Waals surface area contributed by atoms with Crippen LogP contribution in [-0.4, -0.2) is 23.0 Å². The maximum atomic E-state index is 12.2. The van der Waals surface area contributed by atoms with Gasteiger partial charge in [-0.1, -0.05) is 25.5 Å². The van der Waals surface area contributed by atoms with Crippen LogP contribution in [-0.2, 0) is 17.6 Å². The van der Waals surface area contributed by atoms with Crippen molar-refractivity contribution in [3.8, 4) is 0 Å². The highest BCUT2D eigenvalue weighted by Crippen LogP contribution is 2.25. The Balaban J connectivity index is 2.16. The van der Waals surface area contributed by atoms with E-state index in [9.17, 15) is 9.59 Å². The van der Waals surface area contributed by atoms with Gasteiger partial charge >= 0.3 is 5.97 Å². The summed E-state index contributed by atoms with van der Waals surface area (Å²) in [7, 11) is 0. The van der Waals surface area contributed by atoms with Gasteiger partial charge in [-0.25, -0.2) is 4.79 Å². The number of aryl methyl sites for hydroxylation is 1. The molecule has 4 nitrogen and oxygen atoms in total. The van der Waals surface area contributed by atoms with E-state index in [-0.39, 0.29) is 5.91 Å². The predicted molar refractivity (Wildman–Crippen MR) is 72.3 cm³/mol. The first kappa shape index (κ1) is 13.6. The topological polar surface area (TPSA) is 66.4 Å². The molecule has 0 radical (unpaired) electrons. The quantitative estimate of drug-likeness (QED) is 0.853. The predicted octanol–water partition coefficient (Wildman–Crippen LogP) is 2.16. The Morgan fingerprint density at radius 3 is 2.84 bits per heavy atom. The van der Waals surface area contributed by atoms with E-state index in [0.717, 1.165) is 31.2 Å². The van der Waals surface area contributed by atoms with Crippen LogP contribution >= 0.6 is 0 Å². The van der Waals surface area contributed by atoms with E-state index in [2.05, 4.69) is 5.32 Å². The fraction of sp³-hybridized carbons (Fsp3) is 0.467. The van der Waals surface area contributed by atoms with Gasteiger partial charge in [-0.2, -0.15) is 0 Å². The maximum Gasteiger partial charge on any atom is 0.326 e. The number of fused-ring (bicyclic) bond motifs is 1. The fourth-order valence-electron chi connectivity index (χ4n) is 2.61. The second-order valence-electron chi connectivity index (χ2n) is 4.95. The second kappa shape index (κ2) is 5.87. The number of carbonyl (C=O) groups is 2. The van der Waals surface area contributed by atoms with Gasteiger partial charge in [-0.3, -0.25) is 4.79 Å². The van der Waals surface area contributed by atoms with E-state index >= 15 is 0 Å². The smallest absolute Gasteiger partial charge is 0.326 e. The van der Waals surface area contributed by atoms with E-state index in [0.29, 0.717) is 12.0 Å². The minimum Gasteiger partial charge on any atom is -0.480 e. The average Bonchev–Trinajstić information content (AvgIpc) is 2.85. The van der Waals surface area contributed by atoms with Crippen molar-refractivity contribution < 1.29 is 14.7 Å². The van der Waals surface area contributed by atoms with Crippen LogP contribution in [0.2, 0.25) is 0 Å². The highest BCUT2D eigenvalue weighted by atomic mass is 16.4. The molecular formula is C15H19NO3. The van der Waals surface area contributed by atoms with Gasteiger partial charge in [0.15, 0.2) is 0 Å². The van der Waals surface area contributed by atoms with Gasteiger partial charge in [-0.05, 0) is 42.9 Å². The molecule has 0 heterocycles. The highest BCUT2D eigenvalue weighted by Gasteiger charge is 2.23. The maximum absolute atomic E-state index is 12.2. The van der Waals surface area contributed by atoms with Gasteiger partial charge in [0, 0.05) is 5.56 Å². The molecule has 0 aromatic heterocycles. The first-order valence-corrected chi connectivity index (χ1v) is 6.78. The molecule has 1 aromatic rings. The van der Waals surface area contributed by atoms with E-state index < -0.39 is 12.0 Å². The van der Waals surface area contributed by atoms with Gasteiger partial charge in [-0.15, -0.1) is 0 Å². The fourth-order valence-corrected chi connectivity index (χ4v) is 2.61. The van der Waals surface area contributed by atoms with Gasteiger partial charge in [0.05, 0.1) is 0 Å². The zero-order valence-electron chi connectivity index (χ0n) is 11.1. The van der Waals surface area contributed by atoms with Crippen molar-refractivity contribution in [2.45, 2.75) is 45.1 Å². The molecule has 1 amide bonds. The number of nitrogens with one attached hydrogen (secondary N) is 1. The molecule has 1 aromatic carbocycles. The standard InChI is InChI=1S/C15H19NO3/c1-2-5-13(15(18)19)16-14(17)12-9-4-7-10-6-3-8-11(10)12/h4,7,9,13H,2-3,5-6,8H2,1H3,(H,16,17)(H,18,19). The summed E-state index contributed by atoms with van der Waals surface area (Å²) in [5.74, 6) is -1.23. The molecule has 0 bridgehead atoms. The summed E-state index contributed by atoms with van der Waals surface area (Å²) in [5.41, 5.74) is 2.94. The lowest BCUT2D eigenvalue weighted by atomic mass is 10.0. The van der Waals surface area contributed by atoms with Crippen molar-refractivity contribution in [1.82, 2.24) is 5.32 Å². The van der Waals surface area contributed by atoms with Crippen LogP contribution in [0.4, 0.5) is 0 Å². The van der Waals surface area contributed by atoms with Crippen LogP contribution in [0.3, 0.4) is 0 Å². The van der Waals surface area contributed by atoms with E-state index in [1.165, 1.54) is 5.56 Å². The molecule has 0 spiro atoms. The lowest BCUT2D eigenvalue weighted by Gasteiger charge is -2.15. The monoisotopic (exact) mass is 261 g/mol. The van der Waals surface area contributed by atoms with E-state index in [1.807, 2.05) is 19.1 Å². The number of carboxylic acid groups (broad SMARTS) is 1. The minimum atomic E-state index is -0.970. The Kier molecular flexibility index (Phi) is 4.20. The molecule has 1 aliphatic rings. The number of aliphatic carboxylic acids is 1. The summed E-state index contributed by atoms with van der Waals surface area (Å²) < 4.78 is 0. The van der Waals surface area contributed by atoms with Crippen LogP contribution in [0.15, 0.2) is 18.2 Å².